The molecule has 2 aromatic rings. The van der Waals surface area contributed by atoms with E-state index in [1.54, 1.807) is 13.1 Å². The van der Waals surface area contributed by atoms with Gasteiger partial charge in [0.15, 0.2) is 11.7 Å². The lowest BCUT2D eigenvalue weighted by Gasteiger charge is -2.11. The van der Waals surface area contributed by atoms with Crippen LogP contribution < -0.4 is 10.6 Å². The SMILES string of the molecule is CN=C(NCCc1nc(C(F)(F)F)cs1)NCc1cc(F)cc(Br)c1. The predicted octanol–water partition coefficient (Wildman–Crippen LogP) is 3.97. The van der Waals surface area contributed by atoms with Crippen LogP contribution in [0.3, 0.4) is 0 Å². The van der Waals surface area contributed by atoms with Gasteiger partial charge < -0.3 is 10.6 Å². The summed E-state index contributed by atoms with van der Waals surface area (Å²) in [6, 6.07) is 4.54. The van der Waals surface area contributed by atoms with E-state index in [2.05, 4.69) is 36.5 Å². The van der Waals surface area contributed by atoms with Gasteiger partial charge in [0.1, 0.15) is 5.82 Å². The second-order valence-electron chi connectivity index (χ2n) is 5.00. The summed E-state index contributed by atoms with van der Waals surface area (Å²) in [5.74, 6) is 0.117. The van der Waals surface area contributed by atoms with Gasteiger partial charge in [-0.05, 0) is 23.8 Å². The van der Waals surface area contributed by atoms with Crippen LogP contribution in [0.2, 0.25) is 0 Å². The molecule has 2 N–H and O–H groups in total. The fourth-order valence-electron chi connectivity index (χ4n) is 1.96. The molecular formula is C15H15BrF4N4S. The Kier molecular flexibility index (Phi) is 6.77. The van der Waals surface area contributed by atoms with Crippen molar-refractivity contribution in [2.75, 3.05) is 13.6 Å². The average molecular weight is 439 g/mol. The number of alkyl halides is 3. The van der Waals surface area contributed by atoms with E-state index in [0.717, 1.165) is 22.3 Å². The van der Waals surface area contributed by atoms with Crippen molar-refractivity contribution in [2.24, 2.45) is 4.99 Å². The zero-order valence-corrected chi connectivity index (χ0v) is 15.5. The van der Waals surface area contributed by atoms with Crippen LogP contribution in [0, 0.1) is 5.82 Å². The standard InChI is InChI=1S/C15H15BrF4N4S/c1-21-14(23-7-9-4-10(16)6-11(17)5-9)22-3-2-13-24-12(8-25-13)15(18,19)20/h4-6,8H,2-3,7H2,1H3,(H2,21,22,23). The first-order valence-electron chi connectivity index (χ1n) is 7.19. The van der Waals surface area contributed by atoms with Crippen LogP contribution in [0.1, 0.15) is 16.3 Å². The Morgan fingerprint density at radius 3 is 2.64 bits per heavy atom. The van der Waals surface area contributed by atoms with Crippen molar-refractivity contribution in [1.82, 2.24) is 15.6 Å². The van der Waals surface area contributed by atoms with Crippen molar-refractivity contribution in [3.8, 4) is 0 Å². The molecule has 0 aliphatic rings. The molecule has 0 saturated heterocycles. The lowest BCUT2D eigenvalue weighted by molar-refractivity contribution is -0.140. The number of hydrogen-bond donors (Lipinski definition) is 2. The Bertz CT molecular complexity index is 725. The summed E-state index contributed by atoms with van der Waals surface area (Å²) >= 11 is 4.19. The number of nitrogens with one attached hydrogen (secondary N) is 2. The van der Waals surface area contributed by atoms with Crippen LogP contribution in [0.5, 0.6) is 0 Å². The van der Waals surface area contributed by atoms with Crippen LogP contribution in [0.15, 0.2) is 33.0 Å². The summed E-state index contributed by atoms with van der Waals surface area (Å²) in [5, 5.41) is 7.39. The first-order chi connectivity index (χ1) is 11.8. The predicted molar refractivity (Wildman–Crippen MR) is 93.1 cm³/mol. The van der Waals surface area contributed by atoms with Gasteiger partial charge in [0.25, 0.3) is 0 Å². The molecule has 25 heavy (non-hydrogen) atoms. The molecule has 136 valence electrons. The van der Waals surface area contributed by atoms with E-state index in [4.69, 9.17) is 0 Å². The largest absolute Gasteiger partial charge is 0.434 e. The van der Waals surface area contributed by atoms with E-state index in [-0.39, 0.29) is 5.82 Å². The topological polar surface area (TPSA) is 49.3 Å². The molecule has 0 aliphatic heterocycles. The summed E-state index contributed by atoms with van der Waals surface area (Å²) in [4.78, 5) is 7.58. The second kappa shape index (κ2) is 8.61. The van der Waals surface area contributed by atoms with E-state index in [0.29, 0.717) is 35.0 Å². The highest BCUT2D eigenvalue weighted by atomic mass is 79.9. The fourth-order valence-corrected chi connectivity index (χ4v) is 3.28. The Labute approximate surface area is 154 Å². The third-order valence-electron chi connectivity index (χ3n) is 3.08. The van der Waals surface area contributed by atoms with Gasteiger partial charge in [0.2, 0.25) is 0 Å². The average Bonchev–Trinajstić information content (AvgIpc) is 2.99. The highest BCUT2D eigenvalue weighted by Gasteiger charge is 2.33. The Morgan fingerprint density at radius 2 is 2.04 bits per heavy atom. The lowest BCUT2D eigenvalue weighted by Crippen LogP contribution is -2.37. The van der Waals surface area contributed by atoms with E-state index < -0.39 is 11.9 Å². The normalized spacial score (nSPS) is 12.3. The van der Waals surface area contributed by atoms with E-state index >= 15 is 0 Å². The molecule has 0 fully saturated rings. The number of nitrogens with zero attached hydrogens (tertiary/aromatic N) is 2. The molecule has 0 atom stereocenters. The van der Waals surface area contributed by atoms with Gasteiger partial charge in [-0.3, -0.25) is 4.99 Å². The molecule has 0 amide bonds. The maximum atomic E-state index is 13.3. The first kappa shape index (κ1) is 19.6. The number of guanidine groups is 1. The van der Waals surface area contributed by atoms with Gasteiger partial charge in [-0.25, -0.2) is 9.37 Å². The highest BCUT2D eigenvalue weighted by molar-refractivity contribution is 9.10. The summed E-state index contributed by atoms with van der Waals surface area (Å²) in [6.45, 7) is 0.725. The van der Waals surface area contributed by atoms with E-state index in [1.165, 1.54) is 12.1 Å². The number of thiazole rings is 1. The lowest BCUT2D eigenvalue weighted by atomic mass is 10.2. The maximum Gasteiger partial charge on any atom is 0.434 e. The Morgan fingerprint density at radius 1 is 1.28 bits per heavy atom. The van der Waals surface area contributed by atoms with Crippen LogP contribution >= 0.6 is 27.3 Å². The Balaban J connectivity index is 1.81. The van der Waals surface area contributed by atoms with Gasteiger partial charge in [-0.1, -0.05) is 15.9 Å². The molecule has 1 aromatic carbocycles. The van der Waals surface area contributed by atoms with Crippen molar-refractivity contribution < 1.29 is 17.6 Å². The van der Waals surface area contributed by atoms with Crippen LogP contribution in [0.4, 0.5) is 17.6 Å². The van der Waals surface area contributed by atoms with Gasteiger partial charge >= 0.3 is 6.18 Å². The Hall–Kier alpha value is -1.68. The monoisotopic (exact) mass is 438 g/mol. The van der Waals surface area contributed by atoms with Gasteiger partial charge in [0.05, 0.1) is 5.01 Å². The molecule has 4 nitrogen and oxygen atoms in total. The van der Waals surface area contributed by atoms with Crippen molar-refractivity contribution >= 4 is 33.2 Å². The highest BCUT2D eigenvalue weighted by Crippen LogP contribution is 2.29. The van der Waals surface area contributed by atoms with Crippen LogP contribution in [-0.2, 0) is 19.1 Å². The second-order valence-corrected chi connectivity index (χ2v) is 6.86. The van der Waals surface area contributed by atoms with Crippen molar-refractivity contribution in [3.63, 3.8) is 0 Å². The molecule has 0 aliphatic carbocycles. The zero-order chi connectivity index (χ0) is 18.4. The number of halogens is 5. The minimum absolute atomic E-state index is 0.340. The molecule has 2 rings (SSSR count). The quantitative estimate of drug-likeness (QED) is 0.421. The van der Waals surface area contributed by atoms with Crippen molar-refractivity contribution in [1.29, 1.82) is 0 Å². The molecule has 0 saturated carbocycles. The summed E-state index contributed by atoms with van der Waals surface area (Å²) < 4.78 is 51.4. The van der Waals surface area contributed by atoms with Gasteiger partial charge in [-0.15, -0.1) is 11.3 Å². The maximum absolute atomic E-state index is 13.3. The number of benzene rings is 1. The first-order valence-corrected chi connectivity index (χ1v) is 8.86. The molecule has 10 heteroatoms. The molecule has 0 radical (unpaired) electrons. The smallest absolute Gasteiger partial charge is 0.356 e. The molecular weight excluding hydrogens is 424 g/mol. The minimum atomic E-state index is -4.42. The summed E-state index contributed by atoms with van der Waals surface area (Å²) in [6.07, 6.45) is -4.08. The van der Waals surface area contributed by atoms with Crippen LogP contribution in [-0.4, -0.2) is 24.5 Å². The number of aliphatic imine (C=N–C) groups is 1. The summed E-state index contributed by atoms with van der Waals surface area (Å²) in [7, 11) is 1.57. The molecule has 0 spiro atoms. The van der Waals surface area contributed by atoms with Gasteiger partial charge in [-0.2, -0.15) is 13.2 Å². The van der Waals surface area contributed by atoms with Crippen molar-refractivity contribution in [3.05, 3.63) is 50.1 Å². The molecule has 1 heterocycles. The number of hydrogen-bond acceptors (Lipinski definition) is 3. The van der Waals surface area contributed by atoms with E-state index in [1.807, 2.05) is 0 Å². The molecule has 0 unspecified atom stereocenters. The minimum Gasteiger partial charge on any atom is -0.356 e. The summed E-state index contributed by atoms with van der Waals surface area (Å²) in [5.41, 5.74) is -0.142. The number of rotatable bonds is 5. The van der Waals surface area contributed by atoms with Crippen molar-refractivity contribution in [2.45, 2.75) is 19.1 Å². The molecule has 0 bridgehead atoms. The fraction of sp³-hybridized carbons (Fsp3) is 0.333. The van der Waals surface area contributed by atoms with Crippen LogP contribution in [0.25, 0.3) is 0 Å². The zero-order valence-electron chi connectivity index (χ0n) is 13.1. The third kappa shape index (κ3) is 6.28. The molecule has 1 aromatic heterocycles. The third-order valence-corrected chi connectivity index (χ3v) is 4.45. The van der Waals surface area contributed by atoms with Gasteiger partial charge in [0, 0.05) is 36.4 Å². The van der Waals surface area contributed by atoms with E-state index in [9.17, 15) is 17.6 Å². The number of aromatic nitrogens is 1.